The quantitative estimate of drug-likeness (QED) is 0.452. The number of nitrogens with zero attached hydrogens (tertiary/aromatic N) is 4. The monoisotopic (exact) mass is 353 g/mol. The number of aliphatic hydroxyl groups excluding tert-OH is 2. The minimum absolute atomic E-state index is 0.182. The Morgan fingerprint density at radius 1 is 1.33 bits per heavy atom. The highest BCUT2D eigenvalue weighted by Gasteiger charge is 2.70. The molecule has 11 heteroatoms. The van der Waals surface area contributed by atoms with Crippen molar-refractivity contribution in [1.82, 2.24) is 19.5 Å². The van der Waals surface area contributed by atoms with Gasteiger partial charge >= 0.3 is 7.60 Å². The van der Waals surface area contributed by atoms with Crippen molar-refractivity contribution in [3.63, 3.8) is 0 Å². The van der Waals surface area contributed by atoms with Gasteiger partial charge < -0.3 is 30.3 Å². The Morgan fingerprint density at radius 2 is 2.08 bits per heavy atom. The van der Waals surface area contributed by atoms with Crippen molar-refractivity contribution in [2.45, 2.75) is 24.7 Å². The van der Waals surface area contributed by atoms with E-state index in [2.05, 4.69) is 15.0 Å². The average molecular weight is 353 g/mol. The van der Waals surface area contributed by atoms with Gasteiger partial charge in [0.25, 0.3) is 0 Å². The largest absolute Gasteiger partial charge is 0.389 e. The molecule has 128 valence electrons. The SMILES string of the molecule is Nc1ncnc2c1ncn2C1[C@H]2C[C@@]2(/C=C/P(=O)(O)O)[C@@H](O)[C@H]1O. The Bertz CT molecular complexity index is 894. The number of anilines is 1. The van der Waals surface area contributed by atoms with E-state index in [9.17, 15) is 14.8 Å². The van der Waals surface area contributed by atoms with E-state index in [4.69, 9.17) is 15.5 Å². The van der Waals surface area contributed by atoms with E-state index in [-0.39, 0.29) is 11.7 Å². The molecule has 2 fully saturated rings. The Hall–Kier alpha value is -1.84. The summed E-state index contributed by atoms with van der Waals surface area (Å²) in [6, 6.07) is -0.513. The van der Waals surface area contributed by atoms with Gasteiger partial charge in [0.2, 0.25) is 0 Å². The van der Waals surface area contributed by atoms with Crippen molar-refractivity contribution in [1.29, 1.82) is 0 Å². The zero-order valence-electron chi connectivity index (χ0n) is 12.3. The Kier molecular flexibility index (Phi) is 3.16. The topological polar surface area (TPSA) is 168 Å². The number of hydrogen-bond acceptors (Lipinski definition) is 7. The molecule has 0 aliphatic heterocycles. The maximum atomic E-state index is 11.1. The fourth-order valence-corrected chi connectivity index (χ4v) is 4.29. The minimum Gasteiger partial charge on any atom is -0.389 e. The summed E-state index contributed by atoms with van der Waals surface area (Å²) in [4.78, 5) is 30.2. The number of hydrogen-bond donors (Lipinski definition) is 5. The summed E-state index contributed by atoms with van der Waals surface area (Å²) in [5.41, 5.74) is 5.76. The molecule has 2 saturated carbocycles. The summed E-state index contributed by atoms with van der Waals surface area (Å²) in [6.45, 7) is 0. The van der Waals surface area contributed by atoms with Crippen molar-refractivity contribution in [3.8, 4) is 0 Å². The van der Waals surface area contributed by atoms with Crippen LogP contribution in [0.3, 0.4) is 0 Å². The lowest BCUT2D eigenvalue weighted by Crippen LogP contribution is -2.33. The number of rotatable bonds is 3. The van der Waals surface area contributed by atoms with E-state index in [1.807, 2.05) is 0 Å². The van der Waals surface area contributed by atoms with Crippen molar-refractivity contribution in [2.24, 2.45) is 11.3 Å². The second-order valence-electron chi connectivity index (χ2n) is 6.34. The van der Waals surface area contributed by atoms with Gasteiger partial charge in [0.05, 0.1) is 18.5 Å². The first-order chi connectivity index (χ1) is 11.2. The van der Waals surface area contributed by atoms with Crippen LogP contribution in [0.2, 0.25) is 0 Å². The Morgan fingerprint density at radius 3 is 2.79 bits per heavy atom. The first kappa shape index (κ1) is 15.7. The number of aromatic nitrogens is 4. The van der Waals surface area contributed by atoms with Crippen LogP contribution in [0.4, 0.5) is 5.82 Å². The van der Waals surface area contributed by atoms with Gasteiger partial charge in [0.15, 0.2) is 11.5 Å². The zero-order valence-corrected chi connectivity index (χ0v) is 13.2. The van der Waals surface area contributed by atoms with Gasteiger partial charge in [0.1, 0.15) is 17.9 Å². The van der Waals surface area contributed by atoms with E-state index in [0.717, 1.165) is 5.82 Å². The van der Waals surface area contributed by atoms with Crippen LogP contribution in [0.25, 0.3) is 11.2 Å². The molecular weight excluding hydrogens is 337 g/mol. The summed E-state index contributed by atoms with van der Waals surface area (Å²) in [7, 11) is -4.34. The summed E-state index contributed by atoms with van der Waals surface area (Å²) in [5, 5.41) is 20.9. The molecule has 6 N–H and O–H groups in total. The van der Waals surface area contributed by atoms with E-state index >= 15 is 0 Å². The van der Waals surface area contributed by atoms with Crippen LogP contribution in [-0.2, 0) is 4.57 Å². The normalized spacial score (nSPS) is 35.7. The summed E-state index contributed by atoms with van der Waals surface area (Å²) < 4.78 is 12.7. The molecule has 1 unspecified atom stereocenters. The number of nitrogens with two attached hydrogens (primary N) is 1. The van der Waals surface area contributed by atoms with Crippen LogP contribution < -0.4 is 5.73 Å². The van der Waals surface area contributed by atoms with Crippen molar-refractivity contribution < 1.29 is 24.6 Å². The number of fused-ring (bicyclic) bond motifs is 2. The van der Waals surface area contributed by atoms with Gasteiger partial charge in [-0.25, -0.2) is 15.0 Å². The predicted octanol–water partition coefficient (Wildman–Crippen LogP) is -0.617. The number of imidazole rings is 1. The molecule has 2 aromatic heterocycles. The maximum Gasteiger partial charge on any atom is 0.348 e. The lowest BCUT2D eigenvalue weighted by molar-refractivity contribution is -0.00808. The zero-order chi connectivity index (χ0) is 17.3. The highest BCUT2D eigenvalue weighted by atomic mass is 31.2. The van der Waals surface area contributed by atoms with Gasteiger partial charge in [-0.3, -0.25) is 4.57 Å². The van der Waals surface area contributed by atoms with Gasteiger partial charge in [0, 0.05) is 11.2 Å². The molecule has 4 rings (SSSR count). The standard InChI is InChI=1S/C13H16N5O5P/c14-11-7-12(16-4-15-11)18(5-17-7)8-6-3-13(6,10(20)9(8)19)1-2-24(21,22)23/h1-2,4-6,8-10,19-20H,3H2,(H2,14,15,16)(H2,21,22,23)/b2-1+/t6-,8?,9+,10+,13-/m1/s1. The maximum absolute atomic E-state index is 11.1. The predicted molar refractivity (Wildman–Crippen MR) is 82.5 cm³/mol. The van der Waals surface area contributed by atoms with Gasteiger partial charge in [-0.1, -0.05) is 6.08 Å². The third-order valence-corrected chi connectivity index (χ3v) is 5.56. The Labute approximate surface area is 135 Å². The molecule has 0 saturated heterocycles. The highest BCUT2D eigenvalue weighted by Crippen LogP contribution is 2.69. The van der Waals surface area contributed by atoms with E-state index < -0.39 is 31.3 Å². The molecule has 0 aromatic carbocycles. The van der Waals surface area contributed by atoms with Gasteiger partial charge in [-0.15, -0.1) is 0 Å². The van der Waals surface area contributed by atoms with Crippen LogP contribution in [-0.4, -0.2) is 51.7 Å². The summed E-state index contributed by atoms with van der Waals surface area (Å²) in [6.07, 6.45) is 2.37. The van der Waals surface area contributed by atoms with Crippen LogP contribution >= 0.6 is 7.60 Å². The third-order valence-electron chi connectivity index (χ3n) is 5.03. The molecule has 0 spiro atoms. The molecule has 24 heavy (non-hydrogen) atoms. The fraction of sp³-hybridized carbons (Fsp3) is 0.462. The first-order valence-corrected chi connectivity index (χ1v) is 8.97. The molecule has 2 heterocycles. The van der Waals surface area contributed by atoms with Crippen LogP contribution in [0, 0.1) is 11.3 Å². The summed E-state index contributed by atoms with van der Waals surface area (Å²) >= 11 is 0. The van der Waals surface area contributed by atoms with Crippen molar-refractivity contribution in [3.05, 3.63) is 24.5 Å². The average Bonchev–Trinajstić information content (AvgIpc) is 3.00. The summed E-state index contributed by atoms with van der Waals surface area (Å²) in [5.74, 6) is 0.825. The second-order valence-corrected chi connectivity index (χ2v) is 7.81. The first-order valence-electron chi connectivity index (χ1n) is 7.29. The minimum atomic E-state index is -4.34. The van der Waals surface area contributed by atoms with Crippen LogP contribution in [0.1, 0.15) is 12.5 Å². The van der Waals surface area contributed by atoms with E-state index in [0.29, 0.717) is 17.6 Å². The lowest BCUT2D eigenvalue weighted by Gasteiger charge is -2.23. The highest BCUT2D eigenvalue weighted by molar-refractivity contribution is 7.55. The number of aliphatic hydroxyl groups is 2. The van der Waals surface area contributed by atoms with Crippen molar-refractivity contribution in [2.75, 3.05) is 5.73 Å². The Balaban J connectivity index is 1.74. The van der Waals surface area contributed by atoms with Gasteiger partial charge in [-0.05, 0) is 12.3 Å². The van der Waals surface area contributed by atoms with Crippen molar-refractivity contribution >= 4 is 24.6 Å². The molecule has 2 aliphatic rings. The molecular formula is C13H16N5O5P. The van der Waals surface area contributed by atoms with Gasteiger partial charge in [-0.2, -0.15) is 0 Å². The van der Waals surface area contributed by atoms with E-state index in [1.54, 1.807) is 4.57 Å². The molecule has 5 atom stereocenters. The second kappa shape index (κ2) is 4.84. The van der Waals surface area contributed by atoms with E-state index in [1.165, 1.54) is 18.7 Å². The molecule has 0 bridgehead atoms. The van der Waals surface area contributed by atoms with Crippen LogP contribution in [0.15, 0.2) is 24.5 Å². The fourth-order valence-electron chi connectivity index (χ4n) is 3.82. The lowest BCUT2D eigenvalue weighted by atomic mass is 10.00. The van der Waals surface area contributed by atoms with Crippen LogP contribution in [0.5, 0.6) is 0 Å². The molecule has 10 nitrogen and oxygen atoms in total. The third kappa shape index (κ3) is 2.11. The smallest absolute Gasteiger partial charge is 0.348 e. The number of nitrogen functional groups attached to an aromatic ring is 1. The molecule has 2 aromatic rings. The molecule has 0 radical (unpaired) electrons. The molecule has 2 aliphatic carbocycles. The molecule has 0 amide bonds.